The van der Waals surface area contributed by atoms with E-state index in [-0.39, 0.29) is 10.3 Å². The summed E-state index contributed by atoms with van der Waals surface area (Å²) in [5, 5.41) is 1.95. The van der Waals surface area contributed by atoms with E-state index < -0.39 is 10.0 Å². The molecule has 0 saturated carbocycles. The SMILES string of the molecule is C[C](c1cc(-c2cccs2)n(S(=O)(=O)c2cccnc2)c1)C(C)(C)C. The van der Waals surface area contributed by atoms with Crippen LogP contribution in [0.2, 0.25) is 0 Å². The maximum absolute atomic E-state index is 13.2. The van der Waals surface area contributed by atoms with Gasteiger partial charge in [0, 0.05) is 24.5 Å². The summed E-state index contributed by atoms with van der Waals surface area (Å²) in [5.74, 6) is 1.14. The number of rotatable bonds is 4. The second-order valence-corrected chi connectivity index (χ2v) is 9.72. The van der Waals surface area contributed by atoms with Gasteiger partial charge < -0.3 is 0 Å². The van der Waals surface area contributed by atoms with Gasteiger partial charge in [0.1, 0.15) is 4.90 Å². The summed E-state index contributed by atoms with van der Waals surface area (Å²) in [7, 11) is -3.71. The van der Waals surface area contributed by atoms with Crippen molar-refractivity contribution in [3.63, 3.8) is 0 Å². The zero-order valence-corrected chi connectivity index (χ0v) is 16.4. The topological polar surface area (TPSA) is 52.0 Å². The summed E-state index contributed by atoms with van der Waals surface area (Å²) < 4.78 is 27.7. The molecule has 0 fully saturated rings. The van der Waals surface area contributed by atoms with Crippen LogP contribution in [0.25, 0.3) is 10.6 Å². The molecule has 0 spiro atoms. The summed E-state index contributed by atoms with van der Waals surface area (Å²) >= 11 is 1.52. The fourth-order valence-corrected chi connectivity index (χ4v) is 4.63. The normalized spacial score (nSPS) is 12.7. The molecule has 0 bridgehead atoms. The van der Waals surface area contributed by atoms with Crippen LogP contribution in [0.5, 0.6) is 0 Å². The molecule has 0 saturated heterocycles. The maximum Gasteiger partial charge on any atom is 0.269 e. The van der Waals surface area contributed by atoms with Crippen LogP contribution in [-0.2, 0) is 10.0 Å². The molecule has 3 rings (SSSR count). The zero-order valence-electron chi connectivity index (χ0n) is 14.7. The van der Waals surface area contributed by atoms with Crippen molar-refractivity contribution in [3.05, 3.63) is 65.8 Å². The zero-order chi connectivity index (χ0) is 18.2. The summed E-state index contributed by atoms with van der Waals surface area (Å²) in [6.07, 6.45) is 4.67. The van der Waals surface area contributed by atoms with Gasteiger partial charge in [-0.05, 0) is 40.6 Å². The molecular weight excluding hydrogens is 352 g/mol. The Hall–Kier alpha value is -1.92. The Balaban J connectivity index is 2.20. The fraction of sp³-hybridized carbons (Fsp3) is 0.263. The van der Waals surface area contributed by atoms with E-state index in [1.807, 2.05) is 23.6 Å². The number of pyridine rings is 1. The predicted molar refractivity (Wildman–Crippen MR) is 102 cm³/mol. The van der Waals surface area contributed by atoms with Gasteiger partial charge in [-0.2, -0.15) is 0 Å². The van der Waals surface area contributed by atoms with E-state index in [0.29, 0.717) is 5.69 Å². The molecule has 0 aliphatic carbocycles. The van der Waals surface area contributed by atoms with Gasteiger partial charge in [0.05, 0.1) is 10.6 Å². The third-order valence-electron chi connectivity index (χ3n) is 4.31. The molecule has 0 unspecified atom stereocenters. The lowest BCUT2D eigenvalue weighted by Crippen LogP contribution is -2.16. The molecule has 0 atom stereocenters. The lowest BCUT2D eigenvalue weighted by molar-refractivity contribution is 0.451. The van der Waals surface area contributed by atoms with Crippen molar-refractivity contribution in [1.82, 2.24) is 8.96 Å². The molecule has 0 aliphatic heterocycles. The van der Waals surface area contributed by atoms with Gasteiger partial charge in [-0.3, -0.25) is 4.98 Å². The van der Waals surface area contributed by atoms with Crippen molar-refractivity contribution in [3.8, 4) is 10.6 Å². The Bertz CT molecular complexity index is 951. The van der Waals surface area contributed by atoms with Crippen LogP contribution in [-0.4, -0.2) is 17.4 Å². The van der Waals surface area contributed by atoms with Crippen molar-refractivity contribution in [2.75, 3.05) is 0 Å². The van der Waals surface area contributed by atoms with Crippen molar-refractivity contribution < 1.29 is 8.42 Å². The Morgan fingerprint density at radius 2 is 1.96 bits per heavy atom. The number of thiophene rings is 1. The molecule has 25 heavy (non-hydrogen) atoms. The highest BCUT2D eigenvalue weighted by atomic mass is 32.2. The van der Waals surface area contributed by atoms with E-state index in [1.54, 1.807) is 24.5 Å². The van der Waals surface area contributed by atoms with Crippen LogP contribution in [0.1, 0.15) is 33.3 Å². The van der Waals surface area contributed by atoms with Crippen LogP contribution in [0.3, 0.4) is 0 Å². The first kappa shape index (κ1) is 17.9. The van der Waals surface area contributed by atoms with E-state index in [0.717, 1.165) is 16.4 Å². The smallest absolute Gasteiger partial charge is 0.263 e. The monoisotopic (exact) mass is 373 g/mol. The molecule has 1 radical (unpaired) electrons. The summed E-state index contributed by atoms with van der Waals surface area (Å²) in [5.41, 5.74) is 1.57. The summed E-state index contributed by atoms with van der Waals surface area (Å²) in [6, 6.07) is 9.02. The number of nitrogens with zero attached hydrogens (tertiary/aromatic N) is 2. The lowest BCUT2D eigenvalue weighted by atomic mass is 9.79. The van der Waals surface area contributed by atoms with E-state index in [2.05, 4.69) is 32.7 Å². The Kier molecular flexibility index (Phi) is 4.60. The molecule has 3 aromatic rings. The third kappa shape index (κ3) is 3.41. The number of hydrogen-bond donors (Lipinski definition) is 0. The van der Waals surface area contributed by atoms with Gasteiger partial charge in [0.15, 0.2) is 0 Å². The van der Waals surface area contributed by atoms with Crippen LogP contribution >= 0.6 is 11.3 Å². The van der Waals surface area contributed by atoms with E-state index in [9.17, 15) is 8.42 Å². The first-order chi connectivity index (χ1) is 11.7. The van der Waals surface area contributed by atoms with Crippen LogP contribution in [0.4, 0.5) is 0 Å². The van der Waals surface area contributed by atoms with Crippen LogP contribution < -0.4 is 0 Å². The summed E-state index contributed by atoms with van der Waals surface area (Å²) in [4.78, 5) is 5.06. The van der Waals surface area contributed by atoms with Gasteiger partial charge in [0.2, 0.25) is 0 Å². The average Bonchev–Trinajstić information content (AvgIpc) is 3.23. The highest BCUT2D eigenvalue weighted by molar-refractivity contribution is 7.90. The molecule has 0 aromatic carbocycles. The Labute approximate surface area is 153 Å². The third-order valence-corrected chi connectivity index (χ3v) is 6.86. The fourth-order valence-electron chi connectivity index (χ4n) is 2.50. The van der Waals surface area contributed by atoms with Gasteiger partial charge in [-0.25, -0.2) is 12.4 Å². The first-order valence-corrected chi connectivity index (χ1v) is 10.3. The van der Waals surface area contributed by atoms with E-state index >= 15 is 0 Å². The molecule has 6 heteroatoms. The summed E-state index contributed by atoms with van der Waals surface area (Å²) in [6.45, 7) is 8.43. The molecule has 0 aliphatic rings. The molecule has 3 aromatic heterocycles. The number of hydrogen-bond acceptors (Lipinski definition) is 4. The van der Waals surface area contributed by atoms with Crippen molar-refractivity contribution in [2.24, 2.45) is 5.41 Å². The standard InChI is InChI=1S/C19H21N2O2S2/c1-14(19(2,3)4)15-11-17(18-8-6-10-24-18)21(13-15)25(22,23)16-7-5-9-20-12-16/h5-13H,1-4H3. The van der Waals surface area contributed by atoms with Crippen molar-refractivity contribution in [2.45, 2.75) is 32.6 Å². The van der Waals surface area contributed by atoms with Crippen LogP contribution in [0, 0.1) is 11.3 Å². The second kappa shape index (κ2) is 6.42. The largest absolute Gasteiger partial charge is 0.269 e. The second-order valence-electron chi connectivity index (χ2n) is 6.96. The van der Waals surface area contributed by atoms with Crippen molar-refractivity contribution in [1.29, 1.82) is 0 Å². The molecule has 0 N–H and O–H groups in total. The first-order valence-electron chi connectivity index (χ1n) is 7.97. The minimum atomic E-state index is -3.71. The van der Waals surface area contributed by atoms with Crippen molar-refractivity contribution >= 4 is 21.4 Å². The highest BCUT2D eigenvalue weighted by Gasteiger charge is 2.28. The van der Waals surface area contributed by atoms with E-state index in [4.69, 9.17) is 0 Å². The lowest BCUT2D eigenvalue weighted by Gasteiger charge is -2.25. The average molecular weight is 374 g/mol. The molecule has 3 heterocycles. The number of aromatic nitrogens is 2. The minimum Gasteiger partial charge on any atom is -0.263 e. The highest BCUT2D eigenvalue weighted by Crippen LogP contribution is 2.38. The maximum atomic E-state index is 13.2. The van der Waals surface area contributed by atoms with Crippen LogP contribution in [0.15, 0.2) is 59.2 Å². The van der Waals surface area contributed by atoms with Gasteiger partial charge in [-0.15, -0.1) is 11.3 Å². The Morgan fingerprint density at radius 1 is 1.20 bits per heavy atom. The predicted octanol–water partition coefficient (Wildman–Crippen LogP) is 4.84. The van der Waals surface area contributed by atoms with Gasteiger partial charge in [0.25, 0.3) is 10.0 Å². The molecule has 4 nitrogen and oxygen atoms in total. The Morgan fingerprint density at radius 3 is 2.52 bits per heavy atom. The van der Waals surface area contributed by atoms with E-state index in [1.165, 1.54) is 21.5 Å². The van der Waals surface area contributed by atoms with Gasteiger partial charge >= 0.3 is 0 Å². The quantitative estimate of drug-likeness (QED) is 0.658. The molecule has 131 valence electrons. The minimum absolute atomic E-state index is 0.0447. The van der Waals surface area contributed by atoms with Gasteiger partial charge in [-0.1, -0.05) is 33.8 Å². The molecule has 0 amide bonds. The molecular formula is C19H21N2O2S2.